The van der Waals surface area contributed by atoms with Crippen molar-refractivity contribution in [1.29, 1.82) is 0 Å². The first-order valence-electron chi connectivity index (χ1n) is 18.0. The van der Waals surface area contributed by atoms with Crippen molar-refractivity contribution >= 4 is 28.5 Å². The fourth-order valence-corrected chi connectivity index (χ4v) is 7.84. The van der Waals surface area contributed by atoms with Gasteiger partial charge in [0.1, 0.15) is 23.3 Å². The molecule has 10 heteroatoms. The van der Waals surface area contributed by atoms with E-state index in [1.165, 1.54) is 6.07 Å². The van der Waals surface area contributed by atoms with E-state index in [2.05, 4.69) is 32.7 Å². The zero-order valence-electron chi connectivity index (χ0n) is 30.3. The molecule has 7 rings (SSSR count). The average Bonchev–Trinajstić information content (AvgIpc) is 3.11. The molecule has 2 aliphatic heterocycles. The van der Waals surface area contributed by atoms with E-state index in [1.54, 1.807) is 32.2 Å². The number of halogens is 2. The molecule has 52 heavy (non-hydrogen) atoms. The van der Waals surface area contributed by atoms with Gasteiger partial charge < -0.3 is 5.32 Å². The predicted molar refractivity (Wildman–Crippen MR) is 199 cm³/mol. The van der Waals surface area contributed by atoms with Gasteiger partial charge in [0.15, 0.2) is 0 Å². The van der Waals surface area contributed by atoms with E-state index >= 15 is 4.39 Å². The number of aromatic nitrogens is 3. The van der Waals surface area contributed by atoms with E-state index in [4.69, 9.17) is 9.97 Å². The van der Waals surface area contributed by atoms with Gasteiger partial charge in [0, 0.05) is 29.5 Å². The lowest BCUT2D eigenvalue weighted by atomic mass is 9.74. The molecule has 0 aliphatic carbocycles. The van der Waals surface area contributed by atoms with Gasteiger partial charge in [-0.05, 0) is 119 Å². The molecule has 0 spiro atoms. The Balaban J connectivity index is 1.05. The molecular weight excluding hydrogens is 658 g/mol. The molecule has 0 radical (unpaired) electrons. The minimum absolute atomic E-state index is 0.0896. The minimum atomic E-state index is -0.925. The van der Waals surface area contributed by atoms with E-state index in [9.17, 15) is 14.0 Å². The second kappa shape index (κ2) is 14.1. The lowest BCUT2D eigenvalue weighted by molar-refractivity contribution is -0.137. The zero-order chi connectivity index (χ0) is 36.7. The van der Waals surface area contributed by atoms with Crippen LogP contribution in [0, 0.1) is 32.4 Å². The number of imide groups is 1. The first-order valence-corrected chi connectivity index (χ1v) is 18.0. The van der Waals surface area contributed by atoms with E-state index in [1.807, 2.05) is 51.1 Å². The molecule has 0 bridgehead atoms. The first-order chi connectivity index (χ1) is 24.9. The Labute approximate surface area is 303 Å². The van der Waals surface area contributed by atoms with Crippen LogP contribution < -0.4 is 10.6 Å². The number of pyridine rings is 1. The van der Waals surface area contributed by atoms with Crippen LogP contribution >= 0.6 is 0 Å². The maximum absolute atomic E-state index is 15.7. The van der Waals surface area contributed by atoms with Crippen molar-refractivity contribution in [3.05, 3.63) is 118 Å². The number of anilines is 1. The maximum atomic E-state index is 15.7. The summed E-state index contributed by atoms with van der Waals surface area (Å²) in [6.45, 7) is 11.7. The van der Waals surface area contributed by atoms with Crippen LogP contribution in [0.1, 0.15) is 90.7 Å². The minimum Gasteiger partial charge on any atom is -0.363 e. The lowest BCUT2D eigenvalue weighted by Crippen LogP contribution is -2.49. The number of likely N-dealkylation sites (tertiary alicyclic amines) is 1. The number of nitrogens with one attached hydrogen (secondary N) is 2. The summed E-state index contributed by atoms with van der Waals surface area (Å²) in [5.74, 6) is 0.178. The third-order valence-electron chi connectivity index (χ3n) is 10.9. The van der Waals surface area contributed by atoms with Gasteiger partial charge in [0.05, 0.1) is 28.9 Å². The summed E-state index contributed by atoms with van der Waals surface area (Å²) >= 11 is 0. The second-order valence-electron chi connectivity index (χ2n) is 14.7. The molecule has 2 atom stereocenters. The number of aryl methyl sites for hydroxylation is 3. The van der Waals surface area contributed by atoms with Gasteiger partial charge in [-0.2, -0.15) is 0 Å². The number of carbonyl (C=O) groups excluding carboxylic acids is 2. The summed E-state index contributed by atoms with van der Waals surface area (Å²) in [5, 5.41) is 6.65. The van der Waals surface area contributed by atoms with Gasteiger partial charge in [-0.15, -0.1) is 0 Å². The van der Waals surface area contributed by atoms with Crippen LogP contribution in [0.3, 0.4) is 0 Å². The third kappa shape index (κ3) is 6.91. The molecular formula is C42H44F2N6O2. The molecule has 2 saturated heterocycles. The Morgan fingerprint density at radius 1 is 0.981 bits per heavy atom. The Hall–Kier alpha value is -5.09. The van der Waals surface area contributed by atoms with Crippen molar-refractivity contribution < 1.29 is 18.4 Å². The van der Waals surface area contributed by atoms with E-state index in [0.29, 0.717) is 40.3 Å². The molecule has 2 aliphatic rings. The highest BCUT2D eigenvalue weighted by Crippen LogP contribution is 2.38. The van der Waals surface area contributed by atoms with Crippen LogP contribution in [0.4, 0.5) is 14.6 Å². The van der Waals surface area contributed by atoms with Crippen molar-refractivity contribution in [2.75, 3.05) is 18.4 Å². The van der Waals surface area contributed by atoms with Crippen LogP contribution in [0.5, 0.6) is 0 Å². The van der Waals surface area contributed by atoms with Crippen molar-refractivity contribution in [3.8, 4) is 11.3 Å². The number of hydrogen-bond acceptors (Lipinski definition) is 7. The number of rotatable bonds is 8. The molecule has 2 amide bonds. The van der Waals surface area contributed by atoms with Gasteiger partial charge >= 0.3 is 0 Å². The summed E-state index contributed by atoms with van der Waals surface area (Å²) in [6, 6.07) is 18.9. The van der Waals surface area contributed by atoms with Gasteiger partial charge in [-0.1, -0.05) is 42.5 Å². The Kier molecular flexibility index (Phi) is 9.61. The number of amides is 2. The number of piperidine rings is 2. The van der Waals surface area contributed by atoms with Gasteiger partial charge in [-0.25, -0.2) is 18.7 Å². The number of hydrogen-bond donors (Lipinski definition) is 2. The van der Waals surface area contributed by atoms with Crippen molar-refractivity contribution in [2.24, 2.45) is 0 Å². The highest BCUT2D eigenvalue weighted by molar-refractivity contribution is 6.03. The fourth-order valence-electron chi connectivity index (χ4n) is 7.84. The first kappa shape index (κ1) is 35.3. The standard InChI is InChI=1S/C42H44F2N6O2/c1-24-8-6-11-32(39(24)44)26(3)46-40-33-21-35(45-22-36(33)47-27(4)48-40)30-10-7-9-28(19-30)23-50-16-13-29(14-17-50)38-25(2)18-31(20-34(38)43)42(5)15-12-37(51)49-41(42)52/h6-11,18-22,26,29H,12-17,23H2,1-5H3,(H,46,47,48)(H,49,51,52)/t26-,42-/m1/s1. The molecule has 2 aromatic heterocycles. The van der Waals surface area contributed by atoms with E-state index in [-0.39, 0.29) is 41.8 Å². The topological polar surface area (TPSA) is 100 Å². The van der Waals surface area contributed by atoms with Crippen LogP contribution in [0.2, 0.25) is 0 Å². The molecule has 3 aromatic carbocycles. The third-order valence-corrected chi connectivity index (χ3v) is 10.9. The monoisotopic (exact) mass is 702 g/mol. The normalized spacial score (nSPS) is 19.1. The molecule has 2 fully saturated rings. The van der Waals surface area contributed by atoms with Crippen molar-refractivity contribution in [1.82, 2.24) is 25.2 Å². The summed E-state index contributed by atoms with van der Waals surface area (Å²) in [6.07, 6.45) is 4.04. The zero-order valence-corrected chi connectivity index (χ0v) is 30.3. The summed E-state index contributed by atoms with van der Waals surface area (Å²) in [4.78, 5) is 40.9. The number of carbonyl (C=O) groups is 2. The highest BCUT2D eigenvalue weighted by atomic mass is 19.1. The average molecular weight is 703 g/mol. The van der Waals surface area contributed by atoms with Crippen LogP contribution in [-0.2, 0) is 21.5 Å². The smallest absolute Gasteiger partial charge is 0.236 e. The van der Waals surface area contributed by atoms with Crippen molar-refractivity contribution in [2.45, 2.75) is 84.2 Å². The molecule has 0 unspecified atom stereocenters. The van der Waals surface area contributed by atoms with Gasteiger partial charge in [0.2, 0.25) is 11.8 Å². The number of fused-ring (bicyclic) bond motifs is 1. The Morgan fingerprint density at radius 2 is 1.75 bits per heavy atom. The fraction of sp³-hybridized carbons (Fsp3) is 0.357. The van der Waals surface area contributed by atoms with E-state index < -0.39 is 5.41 Å². The highest BCUT2D eigenvalue weighted by Gasteiger charge is 2.41. The van der Waals surface area contributed by atoms with Crippen molar-refractivity contribution in [3.63, 3.8) is 0 Å². The molecule has 268 valence electrons. The van der Waals surface area contributed by atoms with E-state index in [0.717, 1.165) is 65.8 Å². The van der Waals surface area contributed by atoms with Gasteiger partial charge in [-0.3, -0.25) is 24.8 Å². The Bertz CT molecular complexity index is 2170. The summed E-state index contributed by atoms with van der Waals surface area (Å²) < 4.78 is 30.7. The quantitative estimate of drug-likeness (QED) is 0.158. The van der Waals surface area contributed by atoms with Crippen LogP contribution in [0.25, 0.3) is 22.2 Å². The predicted octanol–water partition coefficient (Wildman–Crippen LogP) is 8.14. The molecule has 4 heterocycles. The Morgan fingerprint density at radius 3 is 2.50 bits per heavy atom. The van der Waals surface area contributed by atoms with Crippen LogP contribution in [0.15, 0.2) is 66.9 Å². The number of benzene rings is 3. The van der Waals surface area contributed by atoms with Gasteiger partial charge in [0.25, 0.3) is 0 Å². The largest absolute Gasteiger partial charge is 0.363 e. The second-order valence-corrected chi connectivity index (χ2v) is 14.7. The molecule has 8 nitrogen and oxygen atoms in total. The molecule has 0 saturated carbocycles. The summed E-state index contributed by atoms with van der Waals surface area (Å²) in [7, 11) is 0. The maximum Gasteiger partial charge on any atom is 0.236 e. The SMILES string of the molecule is Cc1nc(N[C@H](C)c2cccc(C)c2F)c2cc(-c3cccc(CN4CCC(c5c(C)cc([C@@]6(C)CCC(=O)NC6=O)cc5F)CC4)c3)ncc2n1. The summed E-state index contributed by atoms with van der Waals surface area (Å²) in [5.41, 5.74) is 6.09. The number of nitrogens with zero attached hydrogens (tertiary/aromatic N) is 4. The van der Waals surface area contributed by atoms with Crippen LogP contribution in [-0.4, -0.2) is 44.8 Å². The lowest BCUT2D eigenvalue weighted by Gasteiger charge is -2.35. The molecule has 5 aromatic rings. The molecule has 2 N–H and O–H groups in total.